The Morgan fingerprint density at radius 2 is 1.36 bits per heavy atom. The molecule has 0 saturated heterocycles. The predicted molar refractivity (Wildman–Crippen MR) is 109 cm³/mol. The lowest BCUT2D eigenvalue weighted by Crippen LogP contribution is -2.23. The number of nitrogens with zero attached hydrogens (tertiary/aromatic N) is 1. The number of hydrogen-bond acceptors (Lipinski definition) is 6. The van der Waals surface area contributed by atoms with Crippen LogP contribution in [-0.4, -0.2) is 53.4 Å². The molecule has 0 aliphatic carbocycles. The second kappa shape index (κ2) is 8.72. The third kappa shape index (κ3) is 5.31. The molecule has 0 fully saturated rings. The normalized spacial score (nSPS) is 12.0. The molecule has 0 aliphatic heterocycles. The number of nitrogens with one attached hydrogen (secondary N) is 2. The van der Waals surface area contributed by atoms with Crippen LogP contribution in [0.3, 0.4) is 0 Å². The molecule has 0 saturated carbocycles. The highest BCUT2D eigenvalue weighted by Gasteiger charge is 2.16. The Kier molecular flexibility index (Phi) is 6.81. The molecule has 1 amide bonds. The number of sulfone groups is 1. The zero-order valence-electron chi connectivity index (χ0n) is 15.8. The summed E-state index contributed by atoms with van der Waals surface area (Å²) in [5.41, 5.74) is 1.08. The van der Waals surface area contributed by atoms with Gasteiger partial charge in [0.1, 0.15) is 0 Å². The molecule has 0 atom stereocenters. The molecule has 8 nitrogen and oxygen atoms in total. The second-order valence-corrected chi connectivity index (χ2v) is 10.6. The Morgan fingerprint density at radius 3 is 1.86 bits per heavy atom. The molecule has 0 unspecified atom stereocenters. The molecule has 0 bridgehead atoms. The Morgan fingerprint density at radius 1 is 0.857 bits per heavy atom. The molecule has 2 aromatic rings. The molecular weight excluding hydrogens is 402 g/mol. The number of carbonyl (C=O) groups excluding carboxylic acids is 1. The van der Waals surface area contributed by atoms with Crippen LogP contribution in [0.2, 0.25) is 0 Å². The monoisotopic (exact) mass is 425 g/mol. The number of sulfonamides is 1. The van der Waals surface area contributed by atoms with Gasteiger partial charge in [0.15, 0.2) is 9.84 Å². The van der Waals surface area contributed by atoms with Crippen molar-refractivity contribution in [3.8, 4) is 0 Å². The zero-order chi connectivity index (χ0) is 20.9. The van der Waals surface area contributed by atoms with Gasteiger partial charge >= 0.3 is 0 Å². The van der Waals surface area contributed by atoms with E-state index in [0.717, 1.165) is 4.31 Å². The first-order valence-corrected chi connectivity index (χ1v) is 11.5. The summed E-state index contributed by atoms with van der Waals surface area (Å²) in [6.45, 7) is 1.55. The lowest BCUT2D eigenvalue weighted by Gasteiger charge is -2.12. The van der Waals surface area contributed by atoms with E-state index < -0.39 is 19.9 Å². The van der Waals surface area contributed by atoms with E-state index in [9.17, 15) is 21.6 Å². The Bertz CT molecular complexity index is 1030. The van der Waals surface area contributed by atoms with Gasteiger partial charge in [0, 0.05) is 25.5 Å². The first kappa shape index (κ1) is 21.9. The molecule has 0 aromatic heterocycles. The second-order valence-electron chi connectivity index (χ2n) is 6.14. The van der Waals surface area contributed by atoms with Crippen LogP contribution in [0.25, 0.3) is 0 Å². The van der Waals surface area contributed by atoms with E-state index in [2.05, 4.69) is 10.6 Å². The Balaban J connectivity index is 1.94. The minimum atomic E-state index is -3.52. The Hall–Kier alpha value is -2.43. The van der Waals surface area contributed by atoms with Crippen molar-refractivity contribution >= 4 is 37.1 Å². The summed E-state index contributed by atoms with van der Waals surface area (Å²) >= 11 is 0. The molecule has 28 heavy (non-hydrogen) atoms. The average molecular weight is 426 g/mol. The number of rotatable bonds is 8. The fourth-order valence-corrected chi connectivity index (χ4v) is 4.04. The maximum Gasteiger partial charge on any atom is 0.243 e. The van der Waals surface area contributed by atoms with Gasteiger partial charge in [-0.1, -0.05) is 6.92 Å². The number of benzene rings is 2. The molecule has 10 heteroatoms. The van der Waals surface area contributed by atoms with Crippen molar-refractivity contribution in [3.05, 3.63) is 48.5 Å². The van der Waals surface area contributed by atoms with E-state index in [4.69, 9.17) is 0 Å². The fourth-order valence-electron chi connectivity index (χ4n) is 2.26. The lowest BCUT2D eigenvalue weighted by molar-refractivity contribution is -0.114. The quantitative estimate of drug-likeness (QED) is 0.667. The summed E-state index contributed by atoms with van der Waals surface area (Å²) < 4.78 is 48.7. The van der Waals surface area contributed by atoms with Crippen LogP contribution in [0, 0.1) is 0 Å². The Labute approximate surface area is 165 Å². The fraction of sp³-hybridized carbons (Fsp3) is 0.278. The van der Waals surface area contributed by atoms with E-state index in [1.165, 1.54) is 50.5 Å². The predicted octanol–water partition coefficient (Wildman–Crippen LogP) is 1.78. The minimum Gasteiger partial charge on any atom is -0.376 e. The third-order valence-corrected chi connectivity index (χ3v) is 7.54. The highest BCUT2D eigenvalue weighted by molar-refractivity contribution is 7.91. The largest absolute Gasteiger partial charge is 0.376 e. The molecule has 0 radical (unpaired) electrons. The van der Waals surface area contributed by atoms with Crippen molar-refractivity contribution in [2.75, 3.05) is 37.0 Å². The van der Waals surface area contributed by atoms with Crippen molar-refractivity contribution in [3.63, 3.8) is 0 Å². The van der Waals surface area contributed by atoms with Gasteiger partial charge in [-0.15, -0.1) is 0 Å². The van der Waals surface area contributed by atoms with Gasteiger partial charge in [0.2, 0.25) is 15.9 Å². The minimum absolute atomic E-state index is 0.0246. The highest BCUT2D eigenvalue weighted by atomic mass is 32.2. The van der Waals surface area contributed by atoms with Gasteiger partial charge < -0.3 is 10.6 Å². The van der Waals surface area contributed by atoms with Gasteiger partial charge in [-0.3, -0.25) is 4.79 Å². The van der Waals surface area contributed by atoms with E-state index in [1.54, 1.807) is 19.1 Å². The van der Waals surface area contributed by atoms with Crippen LogP contribution in [0.1, 0.15) is 6.92 Å². The number of amides is 1. The van der Waals surface area contributed by atoms with Crippen LogP contribution < -0.4 is 10.6 Å². The molecule has 2 N–H and O–H groups in total. The summed E-state index contributed by atoms with van der Waals surface area (Å²) in [5, 5.41) is 5.56. The number of carbonyl (C=O) groups is 1. The summed E-state index contributed by atoms with van der Waals surface area (Å²) in [4.78, 5) is 12.4. The van der Waals surface area contributed by atoms with Crippen LogP contribution in [0.5, 0.6) is 0 Å². The van der Waals surface area contributed by atoms with Crippen molar-refractivity contribution in [2.24, 2.45) is 0 Å². The summed E-state index contributed by atoms with van der Waals surface area (Å²) in [5.74, 6) is -0.301. The molecule has 2 rings (SSSR count). The molecular formula is C18H23N3O5S2. The van der Waals surface area contributed by atoms with E-state index in [1.807, 2.05) is 0 Å². The van der Waals surface area contributed by atoms with Crippen LogP contribution in [0.4, 0.5) is 11.4 Å². The number of anilines is 2. The molecule has 0 spiro atoms. The van der Waals surface area contributed by atoms with Crippen molar-refractivity contribution in [1.82, 2.24) is 4.31 Å². The van der Waals surface area contributed by atoms with Crippen LogP contribution in [0.15, 0.2) is 58.3 Å². The number of hydrogen-bond donors (Lipinski definition) is 2. The first-order chi connectivity index (χ1) is 13.1. The topological polar surface area (TPSA) is 113 Å². The summed E-state index contributed by atoms with van der Waals surface area (Å²) in [6.07, 6.45) is 0. The standard InChI is InChI=1S/C18H23N3O5S2/c1-4-27(23,24)16-9-5-14(6-10-16)19-13-18(22)20-15-7-11-17(12-8-15)28(25,26)21(2)3/h5-12,19H,4,13H2,1-3H3,(H,20,22). The molecule has 152 valence electrons. The molecule has 0 heterocycles. The lowest BCUT2D eigenvalue weighted by atomic mass is 10.3. The van der Waals surface area contributed by atoms with Gasteiger partial charge in [0.05, 0.1) is 22.1 Å². The van der Waals surface area contributed by atoms with E-state index in [0.29, 0.717) is 11.4 Å². The van der Waals surface area contributed by atoms with Crippen molar-refractivity contribution in [1.29, 1.82) is 0 Å². The summed E-state index contributed by atoms with van der Waals surface area (Å²) in [6, 6.07) is 12.0. The maximum atomic E-state index is 12.1. The van der Waals surface area contributed by atoms with Crippen LogP contribution in [-0.2, 0) is 24.7 Å². The maximum absolute atomic E-state index is 12.1. The smallest absolute Gasteiger partial charge is 0.243 e. The zero-order valence-corrected chi connectivity index (χ0v) is 17.5. The van der Waals surface area contributed by atoms with Crippen LogP contribution >= 0.6 is 0 Å². The van der Waals surface area contributed by atoms with E-state index in [-0.39, 0.29) is 28.0 Å². The first-order valence-electron chi connectivity index (χ1n) is 8.45. The van der Waals surface area contributed by atoms with Crippen molar-refractivity contribution < 1.29 is 21.6 Å². The summed E-state index contributed by atoms with van der Waals surface area (Å²) in [7, 11) is -3.89. The van der Waals surface area contributed by atoms with Gasteiger partial charge in [-0.05, 0) is 48.5 Å². The van der Waals surface area contributed by atoms with Gasteiger partial charge in [0.25, 0.3) is 0 Å². The SMILES string of the molecule is CCS(=O)(=O)c1ccc(NCC(=O)Nc2ccc(S(=O)(=O)N(C)C)cc2)cc1. The molecule has 2 aromatic carbocycles. The average Bonchev–Trinajstić information content (AvgIpc) is 2.67. The van der Waals surface area contributed by atoms with Gasteiger partial charge in [-0.25, -0.2) is 21.1 Å². The van der Waals surface area contributed by atoms with Crippen molar-refractivity contribution in [2.45, 2.75) is 16.7 Å². The molecule has 0 aliphatic rings. The highest BCUT2D eigenvalue weighted by Crippen LogP contribution is 2.17. The third-order valence-electron chi connectivity index (χ3n) is 3.96. The van der Waals surface area contributed by atoms with Gasteiger partial charge in [-0.2, -0.15) is 0 Å². The van der Waals surface area contributed by atoms with E-state index >= 15 is 0 Å².